The SMILES string of the molecule is CCC1(C)CC(Nc2ccc(F)c(Br)c2)CCO1. The second-order valence-electron chi connectivity index (χ2n) is 5.11. The maximum absolute atomic E-state index is 13.2. The van der Waals surface area contributed by atoms with Crippen molar-refractivity contribution in [1.82, 2.24) is 0 Å². The van der Waals surface area contributed by atoms with Crippen molar-refractivity contribution in [3.8, 4) is 0 Å². The van der Waals surface area contributed by atoms with Crippen molar-refractivity contribution in [2.24, 2.45) is 0 Å². The van der Waals surface area contributed by atoms with Gasteiger partial charge in [0.05, 0.1) is 10.1 Å². The molecule has 18 heavy (non-hydrogen) atoms. The van der Waals surface area contributed by atoms with Crippen LogP contribution in [-0.4, -0.2) is 18.2 Å². The second-order valence-corrected chi connectivity index (χ2v) is 5.97. The number of ether oxygens (including phenoxy) is 1. The van der Waals surface area contributed by atoms with E-state index in [9.17, 15) is 4.39 Å². The number of hydrogen-bond acceptors (Lipinski definition) is 2. The fourth-order valence-electron chi connectivity index (χ4n) is 2.32. The topological polar surface area (TPSA) is 21.3 Å². The Morgan fingerprint density at radius 1 is 1.56 bits per heavy atom. The van der Waals surface area contributed by atoms with Crippen molar-refractivity contribution in [3.63, 3.8) is 0 Å². The first-order valence-corrected chi connectivity index (χ1v) is 7.17. The summed E-state index contributed by atoms with van der Waals surface area (Å²) in [6.07, 6.45) is 2.99. The van der Waals surface area contributed by atoms with Crippen molar-refractivity contribution in [1.29, 1.82) is 0 Å². The molecule has 2 atom stereocenters. The lowest BCUT2D eigenvalue weighted by molar-refractivity contribution is -0.0708. The van der Waals surface area contributed by atoms with Crippen LogP contribution in [0.5, 0.6) is 0 Å². The summed E-state index contributed by atoms with van der Waals surface area (Å²) in [6.45, 7) is 5.09. The normalized spacial score (nSPS) is 28.1. The summed E-state index contributed by atoms with van der Waals surface area (Å²) in [4.78, 5) is 0. The highest BCUT2D eigenvalue weighted by Crippen LogP contribution is 2.30. The zero-order chi connectivity index (χ0) is 13.2. The molecule has 1 N–H and O–H groups in total. The van der Waals surface area contributed by atoms with E-state index in [1.165, 1.54) is 6.07 Å². The van der Waals surface area contributed by atoms with Crippen LogP contribution >= 0.6 is 15.9 Å². The number of halogens is 2. The fourth-order valence-corrected chi connectivity index (χ4v) is 2.70. The monoisotopic (exact) mass is 315 g/mol. The third kappa shape index (κ3) is 3.23. The van der Waals surface area contributed by atoms with Gasteiger partial charge in [0.15, 0.2) is 0 Å². The summed E-state index contributed by atoms with van der Waals surface area (Å²) in [5, 5.41) is 3.46. The maximum Gasteiger partial charge on any atom is 0.137 e. The van der Waals surface area contributed by atoms with E-state index in [1.54, 1.807) is 12.1 Å². The molecule has 2 rings (SSSR count). The smallest absolute Gasteiger partial charge is 0.137 e. The van der Waals surface area contributed by atoms with Crippen molar-refractivity contribution >= 4 is 21.6 Å². The lowest BCUT2D eigenvalue weighted by atomic mass is 9.90. The van der Waals surface area contributed by atoms with Gasteiger partial charge in [-0.05, 0) is 60.3 Å². The average Bonchev–Trinajstić information content (AvgIpc) is 2.34. The van der Waals surface area contributed by atoms with Gasteiger partial charge in [0.2, 0.25) is 0 Å². The van der Waals surface area contributed by atoms with Crippen LogP contribution in [0.1, 0.15) is 33.1 Å². The number of hydrogen-bond donors (Lipinski definition) is 1. The van der Waals surface area contributed by atoms with E-state index in [-0.39, 0.29) is 11.4 Å². The van der Waals surface area contributed by atoms with Gasteiger partial charge in [0.25, 0.3) is 0 Å². The molecule has 1 saturated heterocycles. The number of nitrogens with one attached hydrogen (secondary N) is 1. The zero-order valence-corrected chi connectivity index (χ0v) is 12.4. The Labute approximate surface area is 116 Å². The molecule has 1 aliphatic rings. The molecule has 0 bridgehead atoms. The number of anilines is 1. The van der Waals surface area contributed by atoms with E-state index in [0.29, 0.717) is 10.5 Å². The van der Waals surface area contributed by atoms with Gasteiger partial charge in [-0.2, -0.15) is 0 Å². The van der Waals surface area contributed by atoms with Gasteiger partial charge in [0.1, 0.15) is 5.82 Å². The standard InChI is InChI=1S/C14H19BrFNO/c1-3-14(2)9-11(6-7-18-14)17-10-4-5-13(16)12(15)8-10/h4-5,8,11,17H,3,6-7,9H2,1-2H3. The first kappa shape index (κ1) is 13.8. The molecule has 0 amide bonds. The zero-order valence-electron chi connectivity index (χ0n) is 10.8. The molecular formula is C14H19BrFNO. The van der Waals surface area contributed by atoms with Crippen LogP contribution < -0.4 is 5.32 Å². The Bertz CT molecular complexity index is 426. The number of benzene rings is 1. The molecule has 4 heteroatoms. The van der Waals surface area contributed by atoms with Crippen molar-refractivity contribution in [2.45, 2.75) is 44.8 Å². The van der Waals surface area contributed by atoms with Crippen LogP contribution in [0.4, 0.5) is 10.1 Å². The molecule has 100 valence electrons. The van der Waals surface area contributed by atoms with E-state index < -0.39 is 0 Å². The molecule has 2 unspecified atom stereocenters. The Hall–Kier alpha value is -0.610. The summed E-state index contributed by atoms with van der Waals surface area (Å²) in [5.41, 5.74) is 0.918. The largest absolute Gasteiger partial charge is 0.382 e. The molecule has 0 spiro atoms. The Morgan fingerprint density at radius 2 is 2.33 bits per heavy atom. The van der Waals surface area contributed by atoms with Crippen LogP contribution in [-0.2, 0) is 4.74 Å². The first-order chi connectivity index (χ1) is 8.52. The highest BCUT2D eigenvalue weighted by molar-refractivity contribution is 9.10. The average molecular weight is 316 g/mol. The van der Waals surface area contributed by atoms with E-state index in [2.05, 4.69) is 35.1 Å². The maximum atomic E-state index is 13.2. The lowest BCUT2D eigenvalue weighted by Gasteiger charge is -2.38. The van der Waals surface area contributed by atoms with Gasteiger partial charge in [-0.3, -0.25) is 0 Å². The van der Waals surface area contributed by atoms with Crippen LogP contribution in [0, 0.1) is 5.82 Å². The van der Waals surface area contributed by atoms with Gasteiger partial charge in [-0.15, -0.1) is 0 Å². The van der Waals surface area contributed by atoms with Gasteiger partial charge in [-0.25, -0.2) is 4.39 Å². The molecular weight excluding hydrogens is 297 g/mol. The number of rotatable bonds is 3. The predicted molar refractivity (Wildman–Crippen MR) is 75.4 cm³/mol. The molecule has 0 aliphatic carbocycles. The van der Waals surface area contributed by atoms with E-state index in [1.807, 2.05) is 0 Å². The minimum atomic E-state index is -0.231. The molecule has 1 fully saturated rings. The summed E-state index contributed by atoms with van der Waals surface area (Å²) >= 11 is 3.21. The molecule has 1 aliphatic heterocycles. The Kier molecular flexibility index (Phi) is 4.28. The van der Waals surface area contributed by atoms with E-state index in [4.69, 9.17) is 4.74 Å². The molecule has 1 aromatic rings. The molecule has 0 saturated carbocycles. The van der Waals surface area contributed by atoms with Gasteiger partial charge >= 0.3 is 0 Å². The fraction of sp³-hybridized carbons (Fsp3) is 0.571. The lowest BCUT2D eigenvalue weighted by Crippen LogP contribution is -2.41. The van der Waals surface area contributed by atoms with E-state index in [0.717, 1.165) is 31.6 Å². The highest BCUT2D eigenvalue weighted by atomic mass is 79.9. The summed E-state index contributed by atoms with van der Waals surface area (Å²) in [5.74, 6) is -0.231. The van der Waals surface area contributed by atoms with Gasteiger partial charge in [-0.1, -0.05) is 6.92 Å². The molecule has 0 radical (unpaired) electrons. The van der Waals surface area contributed by atoms with Crippen LogP contribution in [0.2, 0.25) is 0 Å². The first-order valence-electron chi connectivity index (χ1n) is 6.38. The minimum absolute atomic E-state index is 0.0345. The summed E-state index contributed by atoms with van der Waals surface area (Å²) < 4.78 is 19.5. The van der Waals surface area contributed by atoms with Crippen molar-refractivity contribution in [2.75, 3.05) is 11.9 Å². The van der Waals surface area contributed by atoms with Gasteiger partial charge in [0, 0.05) is 18.3 Å². The van der Waals surface area contributed by atoms with Crippen LogP contribution in [0.15, 0.2) is 22.7 Å². The summed E-state index contributed by atoms with van der Waals surface area (Å²) in [7, 11) is 0. The molecule has 1 heterocycles. The quantitative estimate of drug-likeness (QED) is 0.895. The highest BCUT2D eigenvalue weighted by Gasteiger charge is 2.31. The minimum Gasteiger partial charge on any atom is -0.382 e. The third-order valence-electron chi connectivity index (χ3n) is 3.63. The summed E-state index contributed by atoms with van der Waals surface area (Å²) in [6, 6.07) is 5.43. The van der Waals surface area contributed by atoms with Crippen LogP contribution in [0.25, 0.3) is 0 Å². The van der Waals surface area contributed by atoms with E-state index >= 15 is 0 Å². The van der Waals surface area contributed by atoms with Crippen molar-refractivity contribution in [3.05, 3.63) is 28.5 Å². The molecule has 2 nitrogen and oxygen atoms in total. The second kappa shape index (κ2) is 5.57. The molecule has 1 aromatic carbocycles. The molecule has 0 aromatic heterocycles. The Morgan fingerprint density at radius 3 is 3.00 bits per heavy atom. The van der Waals surface area contributed by atoms with Crippen molar-refractivity contribution < 1.29 is 9.13 Å². The van der Waals surface area contributed by atoms with Crippen LogP contribution in [0.3, 0.4) is 0 Å². The Balaban J connectivity index is 2.02. The predicted octanol–water partition coefficient (Wildman–Crippen LogP) is 4.35. The van der Waals surface area contributed by atoms with Gasteiger partial charge < -0.3 is 10.1 Å². The third-order valence-corrected chi connectivity index (χ3v) is 4.24.